The maximum absolute atomic E-state index is 15.7. The molecule has 0 aliphatic carbocycles. The van der Waals surface area contributed by atoms with Crippen LogP contribution in [-0.4, -0.2) is 68.1 Å². The van der Waals surface area contributed by atoms with E-state index in [1.165, 1.54) is 0 Å². The molecule has 0 aromatic heterocycles. The predicted molar refractivity (Wildman–Crippen MR) is 256 cm³/mol. The van der Waals surface area contributed by atoms with Gasteiger partial charge in [-0.3, -0.25) is 19.2 Å². The minimum Gasteiger partial charge on any atom is -0.497 e. The highest BCUT2D eigenvalue weighted by Crippen LogP contribution is 2.60. The predicted octanol–water partition coefficient (Wildman–Crippen LogP) is 8.37. The summed E-state index contributed by atoms with van der Waals surface area (Å²) in [7, 11) is -1.03. The highest BCUT2D eigenvalue weighted by Gasteiger charge is 2.66. The second-order valence-corrected chi connectivity index (χ2v) is 22.0. The molecule has 2 aliphatic heterocycles. The van der Waals surface area contributed by atoms with Crippen LogP contribution in [0, 0.1) is 5.92 Å². The number of aliphatic hydroxyl groups is 1. The molecule has 12 heteroatoms. The third-order valence-corrected chi connectivity index (χ3v) is 17.4. The largest absolute Gasteiger partial charge is 0.497 e. The fourth-order valence-corrected chi connectivity index (χ4v) is 13.8. The molecule has 4 amide bonds. The standard InChI is InChI=1S/C53H54N4O7Si/c1-36-49(65(3,4)44-26-24-43(63-2)25-27-44)47(33-48(59)56(29-30-58)34-37-15-8-5-9-16-37)64-53(36)45-32-42(55-51(61)40-20-12-7-13-21-40)23-28-46(45)57(52(53)62)35-38-17-14-22-41(31-38)54-50(60)39-18-10-6-11-19-39/h5-28,31-32,36,47,49,58H,29-30,33-35H2,1-4H3,(H,54,60)(H,55,61)/t36-,47+,49-,53+/m0/s1. The van der Waals surface area contributed by atoms with Gasteiger partial charge in [-0.05, 0) is 83.4 Å². The van der Waals surface area contributed by atoms with Crippen LogP contribution in [0.15, 0.2) is 158 Å². The molecule has 0 unspecified atom stereocenters. The molecule has 6 aromatic rings. The lowest BCUT2D eigenvalue weighted by Crippen LogP contribution is -2.52. The van der Waals surface area contributed by atoms with Gasteiger partial charge in [0.25, 0.3) is 17.7 Å². The maximum atomic E-state index is 15.7. The summed E-state index contributed by atoms with van der Waals surface area (Å²) in [5.74, 6) is -0.741. The Morgan fingerprint density at radius 3 is 1.94 bits per heavy atom. The Labute approximate surface area is 381 Å². The molecule has 1 spiro atoms. The summed E-state index contributed by atoms with van der Waals surface area (Å²) in [4.78, 5) is 60.4. The van der Waals surface area contributed by atoms with Gasteiger partial charge in [0.05, 0.1) is 46.5 Å². The van der Waals surface area contributed by atoms with Gasteiger partial charge in [0.2, 0.25) is 5.91 Å². The zero-order valence-electron chi connectivity index (χ0n) is 37.1. The molecule has 0 radical (unpaired) electrons. The summed E-state index contributed by atoms with van der Waals surface area (Å²) in [6.45, 7) is 6.96. The molecular weight excluding hydrogens is 833 g/mol. The van der Waals surface area contributed by atoms with Gasteiger partial charge < -0.3 is 35.0 Å². The SMILES string of the molecule is COc1ccc([Si](C)(C)[C@@H]2[C@@H](CC(=O)N(CCO)Cc3ccccc3)O[C@]3(C(=O)N(Cc4cccc(NC(=O)c5ccccc5)c4)c4ccc(NC(=O)c5ccccc5)cc43)[C@H]2C)cc1. The molecule has 4 atom stereocenters. The number of rotatable bonds is 15. The first-order chi connectivity index (χ1) is 31.4. The Morgan fingerprint density at radius 2 is 1.34 bits per heavy atom. The topological polar surface area (TPSA) is 138 Å². The minimum absolute atomic E-state index is 0.0214. The molecule has 332 valence electrons. The van der Waals surface area contributed by atoms with Crippen LogP contribution in [0.5, 0.6) is 5.75 Å². The average molecular weight is 887 g/mol. The van der Waals surface area contributed by atoms with Crippen LogP contribution in [0.1, 0.15) is 50.8 Å². The van der Waals surface area contributed by atoms with Crippen molar-refractivity contribution in [2.24, 2.45) is 5.92 Å². The summed E-state index contributed by atoms with van der Waals surface area (Å²) in [5, 5.41) is 17.3. The molecule has 1 saturated heterocycles. The van der Waals surface area contributed by atoms with Gasteiger partial charge in [0.15, 0.2) is 5.60 Å². The van der Waals surface area contributed by atoms with Crippen LogP contribution >= 0.6 is 0 Å². The van der Waals surface area contributed by atoms with Crippen molar-refractivity contribution in [3.05, 3.63) is 186 Å². The molecule has 11 nitrogen and oxygen atoms in total. The van der Waals surface area contributed by atoms with Crippen molar-refractivity contribution in [1.82, 2.24) is 4.90 Å². The number of ether oxygens (including phenoxy) is 2. The fraction of sp³-hybridized carbons (Fsp3) is 0.245. The number of benzene rings is 6. The van der Waals surface area contributed by atoms with Gasteiger partial charge in [-0.25, -0.2) is 0 Å². The van der Waals surface area contributed by atoms with E-state index in [9.17, 15) is 19.5 Å². The zero-order valence-corrected chi connectivity index (χ0v) is 38.1. The Bertz CT molecular complexity index is 2660. The summed E-state index contributed by atoms with van der Waals surface area (Å²) >= 11 is 0. The smallest absolute Gasteiger partial charge is 0.264 e. The highest BCUT2D eigenvalue weighted by molar-refractivity contribution is 6.91. The average Bonchev–Trinajstić information content (AvgIpc) is 3.75. The number of amides is 4. The number of carbonyl (C=O) groups excluding carboxylic acids is 4. The Morgan fingerprint density at radius 1 is 0.754 bits per heavy atom. The molecule has 0 bridgehead atoms. The van der Waals surface area contributed by atoms with Gasteiger partial charge >= 0.3 is 0 Å². The molecule has 3 N–H and O–H groups in total. The number of methoxy groups -OCH3 is 1. The van der Waals surface area contributed by atoms with Gasteiger partial charge in [0.1, 0.15) is 5.75 Å². The summed E-state index contributed by atoms with van der Waals surface area (Å²) in [5.41, 5.74) is 3.21. The molecule has 8 rings (SSSR count). The summed E-state index contributed by atoms with van der Waals surface area (Å²) in [6.07, 6.45) is -0.721. The lowest BCUT2D eigenvalue weighted by Gasteiger charge is -2.37. The lowest BCUT2D eigenvalue weighted by molar-refractivity contribution is -0.150. The van der Waals surface area contributed by atoms with Crippen molar-refractivity contribution >= 4 is 54.0 Å². The number of anilines is 3. The molecule has 0 saturated carbocycles. The minimum atomic E-state index is -2.66. The first-order valence-electron chi connectivity index (χ1n) is 22.0. The first kappa shape index (κ1) is 44.7. The molecule has 2 aliphatic rings. The molecule has 2 heterocycles. The molecular formula is C53H54N4O7Si. The van der Waals surface area contributed by atoms with Crippen LogP contribution in [0.2, 0.25) is 18.6 Å². The van der Waals surface area contributed by atoms with Crippen LogP contribution < -0.4 is 25.5 Å². The second-order valence-electron chi connectivity index (χ2n) is 17.3. The van der Waals surface area contributed by atoms with Crippen LogP contribution in [0.4, 0.5) is 17.1 Å². The number of aliphatic hydroxyl groups excluding tert-OH is 1. The van der Waals surface area contributed by atoms with E-state index in [0.717, 1.165) is 22.1 Å². The van der Waals surface area contributed by atoms with E-state index in [4.69, 9.17) is 9.47 Å². The second kappa shape index (κ2) is 19.1. The number of nitrogens with zero attached hydrogens (tertiary/aromatic N) is 2. The van der Waals surface area contributed by atoms with Gasteiger partial charge in [0, 0.05) is 47.1 Å². The van der Waals surface area contributed by atoms with Crippen molar-refractivity contribution in [2.45, 2.75) is 56.8 Å². The summed E-state index contributed by atoms with van der Waals surface area (Å²) < 4.78 is 12.9. The van der Waals surface area contributed by atoms with E-state index in [2.05, 4.69) is 42.8 Å². The highest BCUT2D eigenvalue weighted by atomic mass is 28.3. The first-order valence-corrected chi connectivity index (χ1v) is 25.0. The van der Waals surface area contributed by atoms with E-state index in [0.29, 0.717) is 40.3 Å². The number of nitrogens with one attached hydrogen (secondary N) is 2. The fourth-order valence-electron chi connectivity index (χ4n) is 9.78. The van der Waals surface area contributed by atoms with E-state index >= 15 is 4.79 Å². The van der Waals surface area contributed by atoms with Crippen molar-refractivity contribution < 1.29 is 33.8 Å². The Kier molecular flexibility index (Phi) is 13.1. The molecule has 6 aromatic carbocycles. The Hall–Kier alpha value is -6.86. The monoisotopic (exact) mass is 886 g/mol. The van der Waals surface area contributed by atoms with Gasteiger partial charge in [-0.2, -0.15) is 0 Å². The zero-order chi connectivity index (χ0) is 45.7. The van der Waals surface area contributed by atoms with Gasteiger partial charge in [-0.1, -0.05) is 116 Å². The third kappa shape index (κ3) is 9.10. The van der Waals surface area contributed by atoms with Crippen molar-refractivity contribution in [1.29, 1.82) is 0 Å². The number of fused-ring (bicyclic) bond motifs is 2. The van der Waals surface area contributed by atoms with E-state index in [1.807, 2.05) is 103 Å². The third-order valence-electron chi connectivity index (χ3n) is 13.0. The van der Waals surface area contributed by atoms with E-state index < -0.39 is 25.7 Å². The Balaban J connectivity index is 1.20. The normalized spacial score (nSPS) is 18.9. The number of carbonyl (C=O) groups is 4. The van der Waals surface area contributed by atoms with Crippen molar-refractivity contribution in [3.63, 3.8) is 0 Å². The lowest BCUT2D eigenvalue weighted by atomic mass is 9.82. The number of hydrogen-bond donors (Lipinski definition) is 3. The van der Waals surface area contributed by atoms with E-state index in [1.54, 1.807) is 59.4 Å². The maximum Gasteiger partial charge on any atom is 0.264 e. The molecule has 1 fully saturated rings. The van der Waals surface area contributed by atoms with Crippen molar-refractivity contribution in [2.75, 3.05) is 35.8 Å². The van der Waals surface area contributed by atoms with Crippen LogP contribution in [-0.2, 0) is 33.0 Å². The summed E-state index contributed by atoms with van der Waals surface area (Å²) in [6, 6.07) is 48.5. The van der Waals surface area contributed by atoms with E-state index in [-0.39, 0.29) is 55.3 Å². The van der Waals surface area contributed by atoms with Gasteiger partial charge in [-0.15, -0.1) is 0 Å². The van der Waals surface area contributed by atoms with Crippen LogP contribution in [0.3, 0.4) is 0 Å². The number of hydrogen-bond acceptors (Lipinski definition) is 7. The molecule has 65 heavy (non-hydrogen) atoms. The van der Waals surface area contributed by atoms with Crippen LogP contribution in [0.25, 0.3) is 0 Å². The van der Waals surface area contributed by atoms with Crippen molar-refractivity contribution in [3.8, 4) is 5.75 Å². The quantitative estimate of drug-likeness (QED) is 0.0882.